The van der Waals surface area contributed by atoms with E-state index in [0.29, 0.717) is 32.9 Å². The highest BCUT2D eigenvalue weighted by Crippen LogP contribution is 2.34. The average molecular weight is 405 g/mol. The van der Waals surface area contributed by atoms with Gasteiger partial charge in [-0.25, -0.2) is 9.78 Å². The van der Waals surface area contributed by atoms with Crippen molar-refractivity contribution >= 4 is 46.4 Å². The third-order valence-corrected chi connectivity index (χ3v) is 4.08. The van der Waals surface area contributed by atoms with Gasteiger partial charge >= 0.3 is 5.97 Å². The van der Waals surface area contributed by atoms with Gasteiger partial charge in [-0.15, -0.1) is 0 Å². The van der Waals surface area contributed by atoms with E-state index < -0.39 is 5.97 Å². The largest absolute Gasteiger partial charge is 0.465 e. The Labute approximate surface area is 165 Å². The first-order valence-electron chi connectivity index (χ1n) is 7.66. The number of nitrogens with zero attached hydrogens (tertiary/aromatic N) is 2. The number of carbonyl (C=O) groups is 1. The number of nitrogens with two attached hydrogens (primary N) is 1. The monoisotopic (exact) mass is 404 g/mol. The van der Waals surface area contributed by atoms with Crippen LogP contribution in [-0.4, -0.2) is 23.0 Å². The number of esters is 1. The third kappa shape index (κ3) is 4.39. The van der Waals surface area contributed by atoms with Crippen LogP contribution in [0.15, 0.2) is 48.8 Å². The van der Waals surface area contributed by atoms with Crippen molar-refractivity contribution in [3.8, 4) is 11.6 Å². The highest BCUT2D eigenvalue weighted by atomic mass is 35.5. The number of anilines is 3. The molecule has 0 fully saturated rings. The van der Waals surface area contributed by atoms with Crippen LogP contribution in [-0.2, 0) is 4.74 Å². The molecule has 0 radical (unpaired) electrons. The van der Waals surface area contributed by atoms with Gasteiger partial charge < -0.3 is 20.5 Å². The predicted molar refractivity (Wildman–Crippen MR) is 104 cm³/mol. The van der Waals surface area contributed by atoms with Gasteiger partial charge in [0.05, 0.1) is 23.4 Å². The zero-order valence-corrected chi connectivity index (χ0v) is 15.6. The lowest BCUT2D eigenvalue weighted by atomic mass is 10.2. The zero-order chi connectivity index (χ0) is 19.4. The molecule has 0 aliphatic rings. The van der Waals surface area contributed by atoms with E-state index in [1.54, 1.807) is 42.5 Å². The first kappa shape index (κ1) is 18.8. The molecule has 0 amide bonds. The number of hydrogen-bond acceptors (Lipinski definition) is 7. The van der Waals surface area contributed by atoms with Crippen LogP contribution in [0, 0.1) is 0 Å². The van der Waals surface area contributed by atoms with E-state index in [-0.39, 0.29) is 11.6 Å². The normalized spacial score (nSPS) is 10.3. The van der Waals surface area contributed by atoms with Crippen molar-refractivity contribution < 1.29 is 14.3 Å². The minimum Gasteiger partial charge on any atom is -0.465 e. The molecule has 2 aromatic carbocycles. The molecule has 0 unspecified atom stereocenters. The Morgan fingerprint density at radius 1 is 1.11 bits per heavy atom. The molecule has 0 saturated heterocycles. The Bertz CT molecular complexity index is 981. The van der Waals surface area contributed by atoms with Gasteiger partial charge in [-0.3, -0.25) is 0 Å². The summed E-state index contributed by atoms with van der Waals surface area (Å²) in [6.07, 6.45) is 1.30. The van der Waals surface area contributed by atoms with Gasteiger partial charge in [0, 0.05) is 5.02 Å². The summed E-state index contributed by atoms with van der Waals surface area (Å²) in [7, 11) is 1.31. The summed E-state index contributed by atoms with van der Waals surface area (Å²) < 4.78 is 10.3. The summed E-state index contributed by atoms with van der Waals surface area (Å²) in [4.78, 5) is 19.6. The molecule has 1 aromatic heterocycles. The molecule has 27 heavy (non-hydrogen) atoms. The molecule has 0 saturated carbocycles. The molecule has 138 valence electrons. The number of halogens is 2. The van der Waals surface area contributed by atoms with Gasteiger partial charge in [-0.2, -0.15) is 4.98 Å². The van der Waals surface area contributed by atoms with Crippen molar-refractivity contribution in [2.75, 3.05) is 18.2 Å². The van der Waals surface area contributed by atoms with Gasteiger partial charge in [-0.05, 0) is 42.5 Å². The first-order valence-corrected chi connectivity index (χ1v) is 8.42. The maximum Gasteiger partial charge on any atom is 0.337 e. The molecular formula is C18H14Cl2N4O3. The Kier molecular flexibility index (Phi) is 5.63. The third-order valence-electron chi connectivity index (χ3n) is 3.52. The number of ether oxygens (including phenoxy) is 2. The van der Waals surface area contributed by atoms with E-state index >= 15 is 0 Å². The molecule has 0 aliphatic carbocycles. The Morgan fingerprint density at radius 2 is 1.85 bits per heavy atom. The maximum absolute atomic E-state index is 11.5. The Hall–Kier alpha value is -3.03. The molecule has 0 spiro atoms. The van der Waals surface area contributed by atoms with E-state index in [4.69, 9.17) is 33.7 Å². The van der Waals surface area contributed by atoms with Gasteiger partial charge in [0.2, 0.25) is 5.88 Å². The number of carbonyl (C=O) groups excluding carboxylic acids is 1. The number of nitrogen functional groups attached to an aromatic ring is 1. The first-order chi connectivity index (χ1) is 13.0. The average Bonchev–Trinajstić information content (AvgIpc) is 2.67. The molecule has 0 aliphatic heterocycles. The predicted octanol–water partition coefficient (Wildman–Crippen LogP) is 4.69. The van der Waals surface area contributed by atoms with Crippen LogP contribution >= 0.6 is 23.2 Å². The standard InChI is InChI=1S/C18H14Cl2N4O3/c1-26-18(25)10-2-5-12(6-3-10)27-17-15(21)16(22-9-23-17)24-14-8-11(19)4-7-13(14)20/h2-9H,21H2,1H3,(H,22,23,24). The fourth-order valence-corrected chi connectivity index (χ4v) is 2.51. The van der Waals surface area contributed by atoms with Crippen molar-refractivity contribution in [1.29, 1.82) is 0 Å². The van der Waals surface area contributed by atoms with Crippen molar-refractivity contribution in [3.63, 3.8) is 0 Å². The fraction of sp³-hybridized carbons (Fsp3) is 0.0556. The van der Waals surface area contributed by atoms with Gasteiger partial charge in [-0.1, -0.05) is 23.2 Å². The number of hydrogen-bond donors (Lipinski definition) is 2. The molecule has 1 heterocycles. The van der Waals surface area contributed by atoms with E-state index in [1.165, 1.54) is 13.4 Å². The maximum atomic E-state index is 11.5. The molecule has 3 aromatic rings. The van der Waals surface area contributed by atoms with Crippen LogP contribution < -0.4 is 15.8 Å². The molecule has 0 bridgehead atoms. The van der Waals surface area contributed by atoms with Crippen LogP contribution in [0.5, 0.6) is 11.6 Å². The SMILES string of the molecule is COC(=O)c1ccc(Oc2ncnc(Nc3cc(Cl)ccc3Cl)c2N)cc1. The van der Waals surface area contributed by atoms with Crippen molar-refractivity contribution in [1.82, 2.24) is 9.97 Å². The van der Waals surface area contributed by atoms with E-state index in [9.17, 15) is 4.79 Å². The Morgan fingerprint density at radius 3 is 2.56 bits per heavy atom. The number of methoxy groups -OCH3 is 1. The van der Waals surface area contributed by atoms with Crippen molar-refractivity contribution in [2.24, 2.45) is 0 Å². The second-order valence-electron chi connectivity index (χ2n) is 5.31. The number of rotatable bonds is 5. The van der Waals surface area contributed by atoms with Gasteiger partial charge in [0.25, 0.3) is 0 Å². The molecule has 3 N–H and O–H groups in total. The fourth-order valence-electron chi connectivity index (χ4n) is 2.17. The van der Waals surface area contributed by atoms with Crippen molar-refractivity contribution in [2.45, 2.75) is 0 Å². The topological polar surface area (TPSA) is 99.4 Å². The van der Waals surface area contributed by atoms with Crippen LogP contribution in [0.25, 0.3) is 0 Å². The molecule has 9 heteroatoms. The second-order valence-corrected chi connectivity index (χ2v) is 6.15. The summed E-state index contributed by atoms with van der Waals surface area (Å²) in [5, 5.41) is 3.97. The summed E-state index contributed by atoms with van der Waals surface area (Å²) in [5.74, 6) is 0.472. The lowest BCUT2D eigenvalue weighted by molar-refractivity contribution is 0.0600. The lowest BCUT2D eigenvalue weighted by Gasteiger charge is -2.13. The van der Waals surface area contributed by atoms with Crippen LogP contribution in [0.2, 0.25) is 10.0 Å². The molecule has 7 nitrogen and oxygen atoms in total. The quantitative estimate of drug-likeness (QED) is 0.594. The van der Waals surface area contributed by atoms with Crippen molar-refractivity contribution in [3.05, 3.63) is 64.4 Å². The molecule has 0 atom stereocenters. The van der Waals surface area contributed by atoms with E-state index in [0.717, 1.165) is 0 Å². The minimum absolute atomic E-state index is 0.150. The summed E-state index contributed by atoms with van der Waals surface area (Å²) >= 11 is 12.1. The lowest BCUT2D eigenvalue weighted by Crippen LogP contribution is -2.04. The Balaban J connectivity index is 1.82. The second kappa shape index (κ2) is 8.11. The number of benzene rings is 2. The van der Waals surface area contributed by atoms with Gasteiger partial charge in [0.1, 0.15) is 17.8 Å². The van der Waals surface area contributed by atoms with Crippen LogP contribution in [0.3, 0.4) is 0 Å². The van der Waals surface area contributed by atoms with E-state index in [1.807, 2.05) is 0 Å². The summed E-state index contributed by atoms with van der Waals surface area (Å²) in [6, 6.07) is 11.3. The zero-order valence-electron chi connectivity index (χ0n) is 14.1. The summed E-state index contributed by atoms with van der Waals surface area (Å²) in [6.45, 7) is 0. The number of nitrogens with one attached hydrogen (secondary N) is 1. The molecule has 3 rings (SSSR count). The smallest absolute Gasteiger partial charge is 0.337 e. The van der Waals surface area contributed by atoms with E-state index in [2.05, 4.69) is 20.0 Å². The van der Waals surface area contributed by atoms with Crippen LogP contribution in [0.1, 0.15) is 10.4 Å². The van der Waals surface area contributed by atoms with Crippen LogP contribution in [0.4, 0.5) is 17.2 Å². The van der Waals surface area contributed by atoms with Gasteiger partial charge in [0.15, 0.2) is 5.82 Å². The summed E-state index contributed by atoms with van der Waals surface area (Å²) in [5.41, 5.74) is 7.24. The highest BCUT2D eigenvalue weighted by Gasteiger charge is 2.13. The molecular weight excluding hydrogens is 391 g/mol. The number of aromatic nitrogens is 2. The highest BCUT2D eigenvalue weighted by molar-refractivity contribution is 6.35. The minimum atomic E-state index is -0.437.